The monoisotopic (exact) mass is 241 g/mol. The molecule has 0 amide bonds. The predicted molar refractivity (Wildman–Crippen MR) is 69.2 cm³/mol. The number of H-pyrrole nitrogens is 1. The molecule has 92 valence electrons. The van der Waals surface area contributed by atoms with Crippen molar-refractivity contribution in [3.05, 3.63) is 35.8 Å². The van der Waals surface area contributed by atoms with E-state index in [-0.39, 0.29) is 0 Å². The molecule has 0 aliphatic rings. The van der Waals surface area contributed by atoms with Gasteiger partial charge in [-0.1, -0.05) is 0 Å². The van der Waals surface area contributed by atoms with Gasteiger partial charge in [0.15, 0.2) is 0 Å². The fourth-order valence-electron chi connectivity index (χ4n) is 1.85. The SMILES string of the molecule is COc1ccc(-c2nc(CCC#N)[nH]c2C)cc1. The summed E-state index contributed by atoms with van der Waals surface area (Å²) in [7, 11) is 1.65. The van der Waals surface area contributed by atoms with Gasteiger partial charge in [0.2, 0.25) is 0 Å². The first kappa shape index (κ1) is 12.2. The fraction of sp³-hybridized carbons (Fsp3) is 0.286. The zero-order valence-electron chi connectivity index (χ0n) is 10.5. The maximum absolute atomic E-state index is 8.57. The Morgan fingerprint density at radius 3 is 2.67 bits per heavy atom. The largest absolute Gasteiger partial charge is 0.497 e. The summed E-state index contributed by atoms with van der Waals surface area (Å²) in [5.41, 5.74) is 3.01. The van der Waals surface area contributed by atoms with Crippen molar-refractivity contribution in [1.82, 2.24) is 9.97 Å². The molecule has 4 heteroatoms. The van der Waals surface area contributed by atoms with Crippen LogP contribution in [0.3, 0.4) is 0 Å². The molecule has 0 fully saturated rings. The molecule has 0 atom stereocenters. The van der Waals surface area contributed by atoms with Crippen molar-refractivity contribution in [3.63, 3.8) is 0 Å². The minimum Gasteiger partial charge on any atom is -0.497 e. The summed E-state index contributed by atoms with van der Waals surface area (Å²) in [6.07, 6.45) is 1.14. The third-order valence-corrected chi connectivity index (χ3v) is 2.77. The summed E-state index contributed by atoms with van der Waals surface area (Å²) >= 11 is 0. The Balaban J connectivity index is 2.26. The molecule has 1 aromatic heterocycles. The van der Waals surface area contributed by atoms with Crippen molar-refractivity contribution < 1.29 is 4.74 Å². The molecule has 18 heavy (non-hydrogen) atoms. The highest BCUT2D eigenvalue weighted by atomic mass is 16.5. The van der Waals surface area contributed by atoms with Gasteiger partial charge in [-0.05, 0) is 31.2 Å². The van der Waals surface area contributed by atoms with Gasteiger partial charge in [-0.2, -0.15) is 5.26 Å². The molecule has 0 bridgehead atoms. The van der Waals surface area contributed by atoms with Crippen LogP contribution < -0.4 is 4.74 Å². The molecule has 1 aromatic carbocycles. The molecule has 0 unspecified atom stereocenters. The second-order valence-electron chi connectivity index (χ2n) is 4.04. The van der Waals surface area contributed by atoms with Crippen LogP contribution in [0.5, 0.6) is 5.75 Å². The van der Waals surface area contributed by atoms with Crippen LogP contribution in [0.15, 0.2) is 24.3 Å². The second kappa shape index (κ2) is 5.37. The highest BCUT2D eigenvalue weighted by Crippen LogP contribution is 2.23. The molecule has 2 aromatic rings. The zero-order valence-corrected chi connectivity index (χ0v) is 10.5. The fourth-order valence-corrected chi connectivity index (χ4v) is 1.85. The number of benzene rings is 1. The lowest BCUT2D eigenvalue weighted by atomic mass is 10.1. The number of aryl methyl sites for hydroxylation is 2. The summed E-state index contributed by atoms with van der Waals surface area (Å²) in [6, 6.07) is 9.92. The standard InChI is InChI=1S/C14H15N3O/c1-10-14(17-13(16-10)4-3-9-15)11-5-7-12(18-2)8-6-11/h5-8H,3-4H2,1-2H3,(H,16,17). The Labute approximate surface area is 106 Å². The maximum atomic E-state index is 8.57. The van der Waals surface area contributed by atoms with Crippen LogP contribution in [0.25, 0.3) is 11.3 Å². The van der Waals surface area contributed by atoms with Crippen LogP contribution in [0, 0.1) is 18.3 Å². The topological polar surface area (TPSA) is 61.7 Å². The Morgan fingerprint density at radius 2 is 2.06 bits per heavy atom. The molecule has 0 saturated carbocycles. The highest BCUT2D eigenvalue weighted by molar-refractivity contribution is 5.62. The molecule has 0 spiro atoms. The van der Waals surface area contributed by atoms with E-state index in [9.17, 15) is 0 Å². The number of methoxy groups -OCH3 is 1. The molecule has 1 heterocycles. The number of nitrogens with zero attached hydrogens (tertiary/aromatic N) is 2. The van der Waals surface area contributed by atoms with Crippen LogP contribution in [0.2, 0.25) is 0 Å². The van der Waals surface area contributed by atoms with Crippen molar-refractivity contribution in [2.24, 2.45) is 0 Å². The molecule has 0 radical (unpaired) electrons. The normalized spacial score (nSPS) is 10.1. The van der Waals surface area contributed by atoms with E-state index in [4.69, 9.17) is 10.00 Å². The van der Waals surface area contributed by atoms with Gasteiger partial charge < -0.3 is 9.72 Å². The van der Waals surface area contributed by atoms with Gasteiger partial charge in [0.05, 0.1) is 18.9 Å². The minimum atomic E-state index is 0.481. The van der Waals surface area contributed by atoms with Gasteiger partial charge in [0, 0.05) is 24.1 Å². The van der Waals surface area contributed by atoms with E-state index in [1.54, 1.807) is 7.11 Å². The van der Waals surface area contributed by atoms with Crippen LogP contribution in [-0.2, 0) is 6.42 Å². The number of ether oxygens (including phenoxy) is 1. The van der Waals surface area contributed by atoms with E-state index in [0.29, 0.717) is 12.8 Å². The molecule has 4 nitrogen and oxygen atoms in total. The van der Waals surface area contributed by atoms with Crippen LogP contribution >= 0.6 is 0 Å². The number of rotatable bonds is 4. The number of hydrogen-bond donors (Lipinski definition) is 1. The molecular weight excluding hydrogens is 226 g/mol. The molecule has 0 aliphatic carbocycles. The highest BCUT2D eigenvalue weighted by Gasteiger charge is 2.08. The van der Waals surface area contributed by atoms with Crippen molar-refractivity contribution in [3.8, 4) is 23.1 Å². The maximum Gasteiger partial charge on any atom is 0.118 e. The van der Waals surface area contributed by atoms with Gasteiger partial charge in [-0.25, -0.2) is 4.98 Å². The van der Waals surface area contributed by atoms with E-state index in [1.165, 1.54) is 0 Å². The Bertz CT molecular complexity index is 564. The predicted octanol–water partition coefficient (Wildman–Crippen LogP) is 2.85. The lowest BCUT2D eigenvalue weighted by molar-refractivity contribution is 0.415. The van der Waals surface area contributed by atoms with Crippen LogP contribution in [-0.4, -0.2) is 17.1 Å². The number of aromatic nitrogens is 2. The van der Waals surface area contributed by atoms with E-state index >= 15 is 0 Å². The average Bonchev–Trinajstić information content (AvgIpc) is 2.78. The van der Waals surface area contributed by atoms with Gasteiger partial charge in [0.25, 0.3) is 0 Å². The first-order valence-corrected chi connectivity index (χ1v) is 5.81. The summed E-state index contributed by atoms with van der Waals surface area (Å²) in [4.78, 5) is 7.74. The quantitative estimate of drug-likeness (QED) is 0.895. The van der Waals surface area contributed by atoms with Gasteiger partial charge >= 0.3 is 0 Å². The Morgan fingerprint density at radius 1 is 1.33 bits per heavy atom. The minimum absolute atomic E-state index is 0.481. The number of imidazole rings is 1. The summed E-state index contributed by atoms with van der Waals surface area (Å²) in [5, 5.41) is 8.57. The van der Waals surface area contributed by atoms with Crippen LogP contribution in [0.4, 0.5) is 0 Å². The van der Waals surface area contributed by atoms with E-state index in [2.05, 4.69) is 16.0 Å². The average molecular weight is 241 g/mol. The lowest BCUT2D eigenvalue weighted by Crippen LogP contribution is -1.86. The first-order chi connectivity index (χ1) is 8.74. The second-order valence-corrected chi connectivity index (χ2v) is 4.04. The van der Waals surface area contributed by atoms with Crippen LogP contribution in [0.1, 0.15) is 17.9 Å². The molecule has 0 aliphatic heterocycles. The number of nitriles is 1. The Kier molecular flexibility index (Phi) is 3.63. The van der Waals surface area contributed by atoms with E-state index < -0.39 is 0 Å². The van der Waals surface area contributed by atoms with Crippen molar-refractivity contribution in [2.75, 3.05) is 7.11 Å². The summed E-state index contributed by atoms with van der Waals surface area (Å²) in [6.45, 7) is 1.99. The summed E-state index contributed by atoms with van der Waals surface area (Å²) in [5.74, 6) is 1.69. The van der Waals surface area contributed by atoms with Gasteiger partial charge in [-0.15, -0.1) is 0 Å². The van der Waals surface area contributed by atoms with Crippen molar-refractivity contribution in [2.45, 2.75) is 19.8 Å². The first-order valence-electron chi connectivity index (χ1n) is 5.81. The van der Waals surface area contributed by atoms with Crippen molar-refractivity contribution >= 4 is 0 Å². The Hall–Kier alpha value is -2.28. The number of hydrogen-bond acceptors (Lipinski definition) is 3. The lowest BCUT2D eigenvalue weighted by Gasteiger charge is -2.01. The molecule has 0 saturated heterocycles. The molecule has 2 rings (SSSR count). The van der Waals surface area contributed by atoms with Crippen molar-refractivity contribution in [1.29, 1.82) is 5.26 Å². The zero-order chi connectivity index (χ0) is 13.0. The van der Waals surface area contributed by atoms with Gasteiger partial charge in [-0.3, -0.25) is 0 Å². The smallest absolute Gasteiger partial charge is 0.118 e. The third kappa shape index (κ3) is 2.51. The molecular formula is C14H15N3O. The third-order valence-electron chi connectivity index (χ3n) is 2.77. The summed E-state index contributed by atoms with van der Waals surface area (Å²) < 4.78 is 5.13. The van der Waals surface area contributed by atoms with Gasteiger partial charge in [0.1, 0.15) is 11.6 Å². The van der Waals surface area contributed by atoms with E-state index in [0.717, 1.165) is 28.5 Å². The number of nitrogens with one attached hydrogen (secondary N) is 1. The van der Waals surface area contributed by atoms with E-state index in [1.807, 2.05) is 31.2 Å². The molecule has 1 N–H and O–H groups in total. The number of aromatic amines is 1.